The molecule has 0 aromatic heterocycles. The summed E-state index contributed by atoms with van der Waals surface area (Å²) < 4.78 is 0. The Bertz CT molecular complexity index is 393. The smallest absolute Gasteiger partial charge is 0.139 e. The molecule has 0 bridgehead atoms. The van der Waals surface area contributed by atoms with Gasteiger partial charge < -0.3 is 16.3 Å². The quantitative estimate of drug-likeness (QED) is 0.241. The van der Waals surface area contributed by atoms with Crippen molar-refractivity contribution in [2.75, 3.05) is 11.9 Å². The fraction of sp³-hybridized carbons (Fsp3) is 0.417. The fourth-order valence-electron chi connectivity index (χ4n) is 1.49. The second-order valence-corrected chi connectivity index (χ2v) is 4.29. The molecule has 1 aromatic rings. The number of hydrogen-bond donors (Lipinski definition) is 3. The van der Waals surface area contributed by atoms with Gasteiger partial charge in [0.2, 0.25) is 0 Å². The van der Waals surface area contributed by atoms with E-state index in [2.05, 4.69) is 10.5 Å². The van der Waals surface area contributed by atoms with E-state index in [1.54, 1.807) is 0 Å². The molecule has 4 N–H and O–H groups in total. The van der Waals surface area contributed by atoms with E-state index in [1.165, 1.54) is 0 Å². The zero-order chi connectivity index (χ0) is 12.7. The number of aryl methyl sites for hydroxylation is 1. The molecule has 0 radical (unpaired) electrons. The monoisotopic (exact) mass is 255 g/mol. The molecule has 17 heavy (non-hydrogen) atoms. The minimum absolute atomic E-state index is 0.276. The average molecular weight is 256 g/mol. The molecule has 0 aliphatic heterocycles. The Hall–Kier alpha value is -1.42. The number of amidine groups is 1. The van der Waals surface area contributed by atoms with Gasteiger partial charge in [0.25, 0.3) is 0 Å². The van der Waals surface area contributed by atoms with Crippen LogP contribution in [0.15, 0.2) is 23.4 Å². The summed E-state index contributed by atoms with van der Waals surface area (Å²) in [4.78, 5) is 0. The number of unbranched alkanes of at least 4 members (excludes halogenated alkanes) is 1. The van der Waals surface area contributed by atoms with Crippen LogP contribution in [-0.2, 0) is 0 Å². The number of anilines is 1. The summed E-state index contributed by atoms with van der Waals surface area (Å²) in [6.45, 7) is 2.80. The molecule has 0 fully saturated rings. The molecule has 4 nitrogen and oxygen atoms in total. The van der Waals surface area contributed by atoms with Crippen molar-refractivity contribution < 1.29 is 5.21 Å². The lowest BCUT2D eigenvalue weighted by Crippen LogP contribution is -2.12. The van der Waals surface area contributed by atoms with Crippen LogP contribution in [0.5, 0.6) is 0 Å². The van der Waals surface area contributed by atoms with Gasteiger partial charge in [-0.15, -0.1) is 0 Å². The van der Waals surface area contributed by atoms with Crippen molar-refractivity contribution in [1.29, 1.82) is 0 Å². The predicted octanol–water partition coefficient (Wildman–Crippen LogP) is 2.98. The van der Waals surface area contributed by atoms with Gasteiger partial charge in [0.15, 0.2) is 0 Å². The first-order chi connectivity index (χ1) is 8.15. The molecule has 0 aliphatic rings. The Balaban J connectivity index is 2.29. The van der Waals surface area contributed by atoms with Gasteiger partial charge >= 0.3 is 0 Å². The van der Waals surface area contributed by atoms with Crippen molar-refractivity contribution in [2.24, 2.45) is 10.9 Å². The Morgan fingerprint density at radius 3 is 2.94 bits per heavy atom. The molecular weight excluding hydrogens is 238 g/mol. The number of nitrogens with two attached hydrogens (primary N) is 1. The minimum atomic E-state index is 0.276. The average Bonchev–Trinajstić information content (AvgIpc) is 2.33. The van der Waals surface area contributed by atoms with E-state index in [0.29, 0.717) is 6.42 Å². The largest absolute Gasteiger partial charge is 0.409 e. The highest BCUT2D eigenvalue weighted by Gasteiger charge is 2.01. The Morgan fingerprint density at radius 2 is 2.24 bits per heavy atom. The number of nitrogens with zero attached hydrogens (tertiary/aromatic N) is 1. The van der Waals surface area contributed by atoms with E-state index in [1.807, 2.05) is 25.1 Å². The van der Waals surface area contributed by atoms with E-state index in [9.17, 15) is 0 Å². The van der Waals surface area contributed by atoms with E-state index < -0.39 is 0 Å². The zero-order valence-corrected chi connectivity index (χ0v) is 10.7. The van der Waals surface area contributed by atoms with Gasteiger partial charge in [-0.1, -0.05) is 28.9 Å². The maximum atomic E-state index is 8.37. The lowest BCUT2D eigenvalue weighted by atomic mass is 10.2. The van der Waals surface area contributed by atoms with Gasteiger partial charge in [0.05, 0.1) is 10.7 Å². The second kappa shape index (κ2) is 7.01. The summed E-state index contributed by atoms with van der Waals surface area (Å²) >= 11 is 6.14. The Labute approximate surface area is 106 Å². The highest BCUT2D eigenvalue weighted by Crippen LogP contribution is 2.24. The third-order valence-corrected chi connectivity index (χ3v) is 3.00. The van der Waals surface area contributed by atoms with Crippen LogP contribution in [0.4, 0.5) is 5.69 Å². The first kappa shape index (κ1) is 13.6. The zero-order valence-electron chi connectivity index (χ0n) is 9.91. The fourth-order valence-corrected chi connectivity index (χ4v) is 1.68. The predicted molar refractivity (Wildman–Crippen MR) is 71.9 cm³/mol. The highest BCUT2D eigenvalue weighted by atomic mass is 35.5. The molecular formula is C12H18ClN3O. The van der Waals surface area contributed by atoms with Gasteiger partial charge in [-0.3, -0.25) is 0 Å². The van der Waals surface area contributed by atoms with E-state index in [4.69, 9.17) is 22.5 Å². The summed E-state index contributed by atoms with van der Waals surface area (Å²) in [5.74, 6) is 0.276. The van der Waals surface area contributed by atoms with Crippen LogP contribution in [0.1, 0.15) is 24.8 Å². The van der Waals surface area contributed by atoms with Crippen molar-refractivity contribution >= 4 is 23.1 Å². The molecule has 5 heteroatoms. The molecule has 0 spiro atoms. The van der Waals surface area contributed by atoms with Crippen molar-refractivity contribution in [3.05, 3.63) is 28.8 Å². The summed E-state index contributed by atoms with van der Waals surface area (Å²) in [5.41, 5.74) is 7.39. The van der Waals surface area contributed by atoms with Crippen LogP contribution >= 0.6 is 11.6 Å². The van der Waals surface area contributed by atoms with Crippen LogP contribution in [0.25, 0.3) is 0 Å². The lowest BCUT2D eigenvalue weighted by molar-refractivity contribution is 0.316. The second-order valence-electron chi connectivity index (χ2n) is 3.91. The highest BCUT2D eigenvalue weighted by molar-refractivity contribution is 6.33. The Morgan fingerprint density at radius 1 is 1.47 bits per heavy atom. The van der Waals surface area contributed by atoms with E-state index in [0.717, 1.165) is 35.7 Å². The minimum Gasteiger partial charge on any atom is -0.409 e. The topological polar surface area (TPSA) is 70.6 Å². The molecule has 0 saturated carbocycles. The van der Waals surface area contributed by atoms with Crippen LogP contribution in [-0.4, -0.2) is 17.6 Å². The number of nitrogens with one attached hydrogen (secondary N) is 1. The van der Waals surface area contributed by atoms with Gasteiger partial charge in [0, 0.05) is 13.0 Å². The molecule has 0 unspecified atom stereocenters. The standard InChI is InChI=1S/C12H18ClN3O/c1-9-5-4-6-10(12(9)13)15-8-3-2-7-11(14)16-17/h4-6,15,17H,2-3,7-8H2,1H3,(H2,14,16). The summed E-state index contributed by atoms with van der Waals surface area (Å²) in [6, 6.07) is 5.91. The molecule has 94 valence electrons. The van der Waals surface area contributed by atoms with E-state index >= 15 is 0 Å². The first-order valence-electron chi connectivity index (χ1n) is 5.60. The van der Waals surface area contributed by atoms with Crippen LogP contribution in [0, 0.1) is 6.92 Å². The maximum Gasteiger partial charge on any atom is 0.139 e. The molecule has 0 heterocycles. The molecule has 0 saturated heterocycles. The molecule has 0 aliphatic carbocycles. The van der Waals surface area contributed by atoms with Crippen molar-refractivity contribution in [3.8, 4) is 0 Å². The van der Waals surface area contributed by atoms with Crippen molar-refractivity contribution in [2.45, 2.75) is 26.2 Å². The maximum absolute atomic E-state index is 8.37. The summed E-state index contributed by atoms with van der Waals surface area (Å²) in [7, 11) is 0. The van der Waals surface area contributed by atoms with Crippen LogP contribution in [0.3, 0.4) is 0 Å². The number of rotatable bonds is 6. The summed E-state index contributed by atoms with van der Waals surface area (Å²) in [5, 5.41) is 15.3. The van der Waals surface area contributed by atoms with Gasteiger partial charge in [0.1, 0.15) is 5.84 Å². The number of halogens is 1. The SMILES string of the molecule is Cc1cccc(NCCCC/C(N)=N/O)c1Cl. The van der Waals surface area contributed by atoms with Crippen molar-refractivity contribution in [3.63, 3.8) is 0 Å². The van der Waals surface area contributed by atoms with Crippen molar-refractivity contribution in [1.82, 2.24) is 0 Å². The van der Waals surface area contributed by atoms with Gasteiger partial charge in [-0.05, 0) is 31.4 Å². The lowest BCUT2D eigenvalue weighted by Gasteiger charge is -2.09. The molecule has 0 atom stereocenters. The third-order valence-electron chi connectivity index (χ3n) is 2.50. The molecule has 0 amide bonds. The molecule has 1 rings (SSSR count). The Kier molecular flexibility index (Phi) is 5.63. The number of oxime groups is 1. The van der Waals surface area contributed by atoms with Crippen LogP contribution < -0.4 is 11.1 Å². The normalized spacial score (nSPS) is 11.5. The number of hydrogen-bond acceptors (Lipinski definition) is 3. The molecule has 1 aromatic carbocycles. The third kappa shape index (κ3) is 4.53. The van der Waals surface area contributed by atoms with Gasteiger partial charge in [-0.2, -0.15) is 0 Å². The number of benzene rings is 1. The van der Waals surface area contributed by atoms with Gasteiger partial charge in [-0.25, -0.2) is 0 Å². The first-order valence-corrected chi connectivity index (χ1v) is 5.98. The van der Waals surface area contributed by atoms with E-state index in [-0.39, 0.29) is 5.84 Å². The summed E-state index contributed by atoms with van der Waals surface area (Å²) in [6.07, 6.45) is 2.44. The van der Waals surface area contributed by atoms with Crippen LogP contribution in [0.2, 0.25) is 5.02 Å².